The molecule has 0 fully saturated rings. The molecule has 0 atom stereocenters. The number of ether oxygens (including phenoxy) is 1. The second-order valence-corrected chi connectivity index (χ2v) is 7.43. The molecule has 0 saturated carbocycles. The van der Waals surface area contributed by atoms with Crippen LogP contribution < -0.4 is 15.5 Å². The second-order valence-electron chi connectivity index (χ2n) is 6.58. The van der Waals surface area contributed by atoms with Gasteiger partial charge >= 0.3 is 0 Å². The van der Waals surface area contributed by atoms with Gasteiger partial charge in [-0.3, -0.25) is 9.59 Å². The van der Waals surface area contributed by atoms with Crippen LogP contribution in [0.1, 0.15) is 17.3 Å². The molecular weight excluding hydrogens is 446 g/mol. The SMILES string of the molecule is CCOc1ccc(-c2cc(=O)c3cc(NC(=O)c4ccccc4Br)ccc3o2)cc1. The lowest BCUT2D eigenvalue weighted by molar-refractivity contribution is 0.102. The Morgan fingerprint density at radius 2 is 1.80 bits per heavy atom. The van der Waals surface area contributed by atoms with Gasteiger partial charge in [-0.25, -0.2) is 0 Å². The highest BCUT2D eigenvalue weighted by atomic mass is 79.9. The van der Waals surface area contributed by atoms with Gasteiger partial charge in [-0.05, 0) is 77.5 Å². The van der Waals surface area contributed by atoms with E-state index in [-0.39, 0.29) is 11.3 Å². The Balaban J connectivity index is 1.63. The molecule has 0 bridgehead atoms. The molecule has 6 heteroatoms. The van der Waals surface area contributed by atoms with Crippen LogP contribution in [0.2, 0.25) is 0 Å². The van der Waals surface area contributed by atoms with E-state index in [0.717, 1.165) is 11.3 Å². The average Bonchev–Trinajstić information content (AvgIpc) is 2.75. The zero-order valence-electron chi connectivity index (χ0n) is 16.1. The van der Waals surface area contributed by atoms with Crippen molar-refractivity contribution in [1.29, 1.82) is 0 Å². The molecule has 30 heavy (non-hydrogen) atoms. The van der Waals surface area contributed by atoms with Crippen LogP contribution in [0.3, 0.4) is 0 Å². The first-order valence-corrected chi connectivity index (χ1v) is 10.2. The van der Waals surface area contributed by atoms with Gasteiger partial charge in [0, 0.05) is 21.8 Å². The van der Waals surface area contributed by atoms with Gasteiger partial charge in [-0.15, -0.1) is 0 Å². The van der Waals surface area contributed by atoms with Crippen LogP contribution in [0.15, 0.2) is 86.5 Å². The number of amides is 1. The molecule has 4 rings (SSSR count). The van der Waals surface area contributed by atoms with Crippen LogP contribution in [0.5, 0.6) is 5.75 Å². The molecule has 0 spiro atoms. The minimum Gasteiger partial charge on any atom is -0.494 e. The van der Waals surface area contributed by atoms with Gasteiger partial charge in [0.05, 0.1) is 17.6 Å². The smallest absolute Gasteiger partial charge is 0.256 e. The molecule has 0 aliphatic carbocycles. The maximum absolute atomic E-state index is 12.7. The Morgan fingerprint density at radius 1 is 1.03 bits per heavy atom. The Bertz CT molecular complexity index is 1280. The Labute approximate surface area is 181 Å². The van der Waals surface area contributed by atoms with Crippen molar-refractivity contribution < 1.29 is 13.9 Å². The second kappa shape index (κ2) is 8.55. The number of halogens is 1. The fourth-order valence-corrected chi connectivity index (χ4v) is 3.57. The molecule has 1 N–H and O–H groups in total. The zero-order chi connectivity index (χ0) is 21.1. The average molecular weight is 464 g/mol. The van der Waals surface area contributed by atoms with Gasteiger partial charge in [0.2, 0.25) is 0 Å². The van der Waals surface area contributed by atoms with Crippen LogP contribution in [0, 0.1) is 0 Å². The van der Waals surface area contributed by atoms with Crippen molar-refractivity contribution in [2.45, 2.75) is 6.92 Å². The van der Waals surface area contributed by atoms with Crippen molar-refractivity contribution in [1.82, 2.24) is 0 Å². The molecule has 1 aromatic heterocycles. The molecule has 0 aliphatic heterocycles. The van der Waals surface area contributed by atoms with E-state index in [1.165, 1.54) is 6.07 Å². The first-order chi connectivity index (χ1) is 14.5. The van der Waals surface area contributed by atoms with E-state index in [2.05, 4.69) is 21.2 Å². The lowest BCUT2D eigenvalue weighted by Crippen LogP contribution is -2.13. The summed E-state index contributed by atoms with van der Waals surface area (Å²) in [6, 6.07) is 21.0. The predicted octanol–water partition coefficient (Wildman–Crippen LogP) is 5.87. The quantitative estimate of drug-likeness (QED) is 0.401. The number of carbonyl (C=O) groups excluding carboxylic acids is 1. The Hall–Kier alpha value is -3.38. The van der Waals surface area contributed by atoms with Crippen LogP contribution in [0.25, 0.3) is 22.3 Å². The van der Waals surface area contributed by atoms with Gasteiger partial charge in [-0.2, -0.15) is 0 Å². The summed E-state index contributed by atoms with van der Waals surface area (Å²) >= 11 is 3.37. The summed E-state index contributed by atoms with van der Waals surface area (Å²) < 4.78 is 12.1. The number of anilines is 1. The molecule has 4 aromatic rings. The normalized spacial score (nSPS) is 10.7. The first kappa shape index (κ1) is 19.9. The highest BCUT2D eigenvalue weighted by Crippen LogP contribution is 2.26. The van der Waals surface area contributed by atoms with E-state index >= 15 is 0 Å². The topological polar surface area (TPSA) is 68.5 Å². The highest BCUT2D eigenvalue weighted by molar-refractivity contribution is 9.10. The first-order valence-electron chi connectivity index (χ1n) is 9.42. The lowest BCUT2D eigenvalue weighted by atomic mass is 10.1. The molecule has 0 saturated heterocycles. The number of carbonyl (C=O) groups is 1. The summed E-state index contributed by atoms with van der Waals surface area (Å²) in [5.74, 6) is 0.965. The summed E-state index contributed by atoms with van der Waals surface area (Å²) in [5.41, 5.74) is 2.08. The fourth-order valence-electron chi connectivity index (χ4n) is 3.10. The molecule has 150 valence electrons. The molecule has 0 radical (unpaired) electrons. The standard InChI is InChI=1S/C24H18BrNO4/c1-2-29-17-10-7-15(8-11-17)23-14-21(27)19-13-16(9-12-22(19)30-23)26-24(28)18-5-3-4-6-20(18)25/h3-14H,2H2,1H3,(H,26,28). The molecular formula is C24H18BrNO4. The maximum atomic E-state index is 12.7. The largest absolute Gasteiger partial charge is 0.494 e. The third kappa shape index (κ3) is 4.14. The monoisotopic (exact) mass is 463 g/mol. The summed E-state index contributed by atoms with van der Waals surface area (Å²) in [6.45, 7) is 2.51. The van der Waals surface area contributed by atoms with Crippen molar-refractivity contribution in [2.75, 3.05) is 11.9 Å². The molecule has 1 heterocycles. The fraction of sp³-hybridized carbons (Fsp3) is 0.0833. The highest BCUT2D eigenvalue weighted by Gasteiger charge is 2.12. The van der Waals surface area contributed by atoms with E-state index < -0.39 is 0 Å². The van der Waals surface area contributed by atoms with Gasteiger partial charge in [0.15, 0.2) is 5.43 Å². The van der Waals surface area contributed by atoms with Gasteiger partial charge in [0.25, 0.3) is 5.91 Å². The van der Waals surface area contributed by atoms with E-state index in [9.17, 15) is 9.59 Å². The molecule has 5 nitrogen and oxygen atoms in total. The predicted molar refractivity (Wildman–Crippen MR) is 121 cm³/mol. The van der Waals surface area contributed by atoms with Crippen molar-refractivity contribution in [3.8, 4) is 17.1 Å². The summed E-state index contributed by atoms with van der Waals surface area (Å²) in [7, 11) is 0. The van der Waals surface area contributed by atoms with Gasteiger partial charge in [0.1, 0.15) is 17.1 Å². The summed E-state index contributed by atoms with van der Waals surface area (Å²) in [5, 5.41) is 3.22. The van der Waals surface area contributed by atoms with E-state index in [1.807, 2.05) is 37.3 Å². The summed E-state index contributed by atoms with van der Waals surface area (Å²) in [4.78, 5) is 25.2. The van der Waals surface area contributed by atoms with Crippen molar-refractivity contribution in [2.24, 2.45) is 0 Å². The number of fused-ring (bicyclic) bond motifs is 1. The number of hydrogen-bond donors (Lipinski definition) is 1. The zero-order valence-corrected chi connectivity index (χ0v) is 17.7. The van der Waals surface area contributed by atoms with Crippen LogP contribution >= 0.6 is 15.9 Å². The number of benzene rings is 3. The van der Waals surface area contributed by atoms with E-state index in [1.54, 1.807) is 36.4 Å². The van der Waals surface area contributed by atoms with Crippen molar-refractivity contribution >= 4 is 38.5 Å². The lowest BCUT2D eigenvalue weighted by Gasteiger charge is -2.09. The number of hydrogen-bond acceptors (Lipinski definition) is 4. The van der Waals surface area contributed by atoms with Crippen LogP contribution in [-0.4, -0.2) is 12.5 Å². The summed E-state index contributed by atoms with van der Waals surface area (Å²) in [6.07, 6.45) is 0. The minimum absolute atomic E-state index is 0.183. The van der Waals surface area contributed by atoms with E-state index in [4.69, 9.17) is 9.15 Å². The maximum Gasteiger partial charge on any atom is 0.256 e. The van der Waals surface area contributed by atoms with Gasteiger partial charge in [-0.1, -0.05) is 12.1 Å². The minimum atomic E-state index is -0.266. The Morgan fingerprint density at radius 3 is 2.53 bits per heavy atom. The Kier molecular flexibility index (Phi) is 5.68. The molecule has 0 aliphatic rings. The third-order valence-corrected chi connectivity index (χ3v) is 5.24. The molecule has 1 amide bonds. The van der Waals surface area contributed by atoms with Crippen molar-refractivity contribution in [3.05, 3.63) is 93.1 Å². The van der Waals surface area contributed by atoms with Crippen LogP contribution in [-0.2, 0) is 0 Å². The van der Waals surface area contributed by atoms with Crippen molar-refractivity contribution in [3.63, 3.8) is 0 Å². The third-order valence-electron chi connectivity index (χ3n) is 4.55. The van der Waals surface area contributed by atoms with Gasteiger partial charge < -0.3 is 14.5 Å². The number of rotatable bonds is 5. The molecule has 0 unspecified atom stereocenters. The molecule has 3 aromatic carbocycles. The van der Waals surface area contributed by atoms with Crippen LogP contribution in [0.4, 0.5) is 5.69 Å². The number of nitrogens with one attached hydrogen (secondary N) is 1. The van der Waals surface area contributed by atoms with E-state index in [0.29, 0.717) is 39.1 Å².